The van der Waals surface area contributed by atoms with Crippen molar-refractivity contribution in [3.8, 4) is 5.75 Å². The number of hydrogen-bond acceptors (Lipinski definition) is 9. The molecule has 0 aromatic heterocycles. The fraction of sp³-hybridized carbons (Fsp3) is 0.821. The summed E-state index contributed by atoms with van der Waals surface area (Å²) in [6.07, 6.45) is -1.16. The third kappa shape index (κ3) is 11.2. The number of hydrogen-bond donors (Lipinski definition) is 0. The highest BCUT2D eigenvalue weighted by atomic mass is 28.4. The first-order valence-electron chi connectivity index (χ1n) is 18.8. The minimum Gasteiger partial charge on any atom is -0.497 e. The van der Waals surface area contributed by atoms with Gasteiger partial charge in [0.2, 0.25) is 0 Å². The van der Waals surface area contributed by atoms with Gasteiger partial charge < -0.3 is 37.0 Å². The van der Waals surface area contributed by atoms with Crippen LogP contribution in [0.5, 0.6) is 5.75 Å². The Labute approximate surface area is 313 Å². The predicted octanol–water partition coefficient (Wildman–Crippen LogP) is 9.26. The summed E-state index contributed by atoms with van der Waals surface area (Å²) in [5, 5.41) is -0.172. The molecule has 12 heteroatoms. The van der Waals surface area contributed by atoms with Gasteiger partial charge in [-0.05, 0) is 84.9 Å². The Balaban J connectivity index is 2.15. The standard InChI is InChI=1S/C39H72O9Si3/c1-37(2,3)49(12,13)46-31(26-43-25-27-18-20-28(41-10)21-19-27)34-36(48-51(16,17)39(7,8)9)35(47-50(14,15)38(4,5)6)33-30(45-34)23-22-29(44-33)24-32(40)42-11/h18-21,29-31,33-36H,22-26H2,1-17H3/t29-,30+,31?,33+,34+,35?,36?/m1/s1. The molecule has 0 aliphatic carbocycles. The molecule has 1 aromatic rings. The van der Waals surface area contributed by atoms with Gasteiger partial charge in [-0.25, -0.2) is 0 Å². The van der Waals surface area contributed by atoms with Gasteiger partial charge >= 0.3 is 5.97 Å². The molecule has 51 heavy (non-hydrogen) atoms. The zero-order chi connectivity index (χ0) is 38.8. The first kappa shape index (κ1) is 44.3. The molecule has 2 aliphatic heterocycles. The lowest BCUT2D eigenvalue weighted by Crippen LogP contribution is -2.70. The Morgan fingerprint density at radius 3 is 1.78 bits per heavy atom. The van der Waals surface area contributed by atoms with Crippen molar-refractivity contribution in [2.45, 2.75) is 185 Å². The molecule has 9 nitrogen and oxygen atoms in total. The predicted molar refractivity (Wildman–Crippen MR) is 212 cm³/mol. The van der Waals surface area contributed by atoms with E-state index in [1.54, 1.807) is 7.11 Å². The van der Waals surface area contributed by atoms with E-state index in [2.05, 4.69) is 102 Å². The molecule has 0 N–H and O–H groups in total. The van der Waals surface area contributed by atoms with Crippen molar-refractivity contribution in [2.24, 2.45) is 0 Å². The van der Waals surface area contributed by atoms with Crippen LogP contribution in [-0.2, 0) is 43.6 Å². The van der Waals surface area contributed by atoms with Gasteiger partial charge in [0.15, 0.2) is 25.0 Å². The second-order valence-corrected chi connectivity index (χ2v) is 33.5. The van der Waals surface area contributed by atoms with Crippen LogP contribution in [-0.4, -0.2) is 94.5 Å². The van der Waals surface area contributed by atoms with Crippen LogP contribution in [0, 0.1) is 0 Å². The zero-order valence-corrected chi connectivity index (χ0v) is 38.1. The van der Waals surface area contributed by atoms with Crippen molar-refractivity contribution in [2.75, 3.05) is 20.8 Å². The van der Waals surface area contributed by atoms with Gasteiger partial charge in [-0.1, -0.05) is 74.4 Å². The maximum Gasteiger partial charge on any atom is 0.308 e. The zero-order valence-electron chi connectivity index (χ0n) is 35.1. The summed E-state index contributed by atoms with van der Waals surface area (Å²) in [6, 6.07) is 7.96. The van der Waals surface area contributed by atoms with Crippen molar-refractivity contribution in [3.63, 3.8) is 0 Å². The van der Waals surface area contributed by atoms with Gasteiger partial charge in [0.1, 0.15) is 30.2 Å². The Morgan fingerprint density at radius 2 is 1.29 bits per heavy atom. The smallest absolute Gasteiger partial charge is 0.308 e. The van der Waals surface area contributed by atoms with Crippen LogP contribution in [0.15, 0.2) is 24.3 Å². The van der Waals surface area contributed by atoms with Crippen LogP contribution in [0.1, 0.15) is 87.1 Å². The van der Waals surface area contributed by atoms with E-state index in [4.69, 9.17) is 37.0 Å². The largest absolute Gasteiger partial charge is 0.497 e. The summed E-state index contributed by atoms with van der Waals surface area (Å²) in [4.78, 5) is 12.4. The maximum atomic E-state index is 12.4. The quantitative estimate of drug-likeness (QED) is 0.136. The van der Waals surface area contributed by atoms with Crippen molar-refractivity contribution in [1.82, 2.24) is 0 Å². The van der Waals surface area contributed by atoms with E-state index in [1.165, 1.54) is 7.11 Å². The highest BCUT2D eigenvalue weighted by Crippen LogP contribution is 2.47. The average molecular weight is 769 g/mol. The summed E-state index contributed by atoms with van der Waals surface area (Å²) < 4.78 is 53.3. The van der Waals surface area contributed by atoms with Crippen LogP contribution in [0.25, 0.3) is 0 Å². The molecule has 0 spiro atoms. The fourth-order valence-corrected chi connectivity index (χ4v) is 9.68. The van der Waals surface area contributed by atoms with Gasteiger partial charge in [-0.3, -0.25) is 4.79 Å². The molecule has 0 amide bonds. The minimum atomic E-state index is -2.41. The highest BCUT2D eigenvalue weighted by molar-refractivity contribution is 6.75. The van der Waals surface area contributed by atoms with E-state index >= 15 is 0 Å². The van der Waals surface area contributed by atoms with Crippen LogP contribution in [0.3, 0.4) is 0 Å². The number of fused-ring (bicyclic) bond motifs is 1. The van der Waals surface area contributed by atoms with Gasteiger partial charge in [-0.2, -0.15) is 0 Å². The first-order chi connectivity index (χ1) is 23.2. The molecule has 2 aliphatic rings. The molecule has 3 rings (SSSR count). The SMILES string of the molecule is COC(=O)C[C@H]1CC[C@@H]2O[C@@H](C(COCc3ccc(OC)cc3)O[Si](C)(C)C(C)(C)C)C(O[Si](C)(C)C(C)(C)C)C(O[Si](C)(C)C(C)(C)C)[C@H]2O1. The molecular formula is C39H72O9Si3. The number of benzene rings is 1. The molecule has 2 saturated heterocycles. The van der Waals surface area contributed by atoms with E-state index in [9.17, 15) is 4.79 Å². The van der Waals surface area contributed by atoms with Crippen LogP contribution in [0.2, 0.25) is 54.4 Å². The Kier molecular flexibility index (Phi) is 14.5. The van der Waals surface area contributed by atoms with Crippen LogP contribution >= 0.6 is 0 Å². The molecule has 2 fully saturated rings. The lowest BCUT2D eigenvalue weighted by atomic mass is 9.87. The Hall–Kier alpha value is -1.10. The summed E-state index contributed by atoms with van der Waals surface area (Å²) in [5.41, 5.74) is 1.05. The van der Waals surface area contributed by atoms with Gasteiger partial charge in [0, 0.05) is 0 Å². The summed E-state index contributed by atoms with van der Waals surface area (Å²) in [7, 11) is -4.02. The van der Waals surface area contributed by atoms with Crippen LogP contribution in [0.4, 0.5) is 0 Å². The average Bonchev–Trinajstić information content (AvgIpc) is 3.00. The van der Waals surface area contributed by atoms with Crippen LogP contribution < -0.4 is 4.74 Å². The lowest BCUT2D eigenvalue weighted by molar-refractivity contribution is -0.273. The molecule has 0 radical (unpaired) electrons. The van der Waals surface area contributed by atoms with Gasteiger partial charge in [0.25, 0.3) is 0 Å². The maximum absolute atomic E-state index is 12.4. The number of ether oxygens (including phenoxy) is 5. The topological polar surface area (TPSA) is 90.9 Å². The molecule has 1 aromatic carbocycles. The van der Waals surface area contributed by atoms with Crippen molar-refractivity contribution >= 4 is 30.9 Å². The normalized spacial score (nSPS) is 26.0. The third-order valence-electron chi connectivity index (χ3n) is 12.2. The fourth-order valence-electron chi connectivity index (χ4n) is 5.77. The number of carbonyl (C=O) groups excluding carboxylic acids is 1. The van der Waals surface area contributed by atoms with E-state index in [0.717, 1.165) is 17.7 Å². The number of methoxy groups -OCH3 is 2. The monoisotopic (exact) mass is 768 g/mol. The van der Waals surface area contributed by atoms with E-state index in [0.29, 0.717) is 19.6 Å². The summed E-state index contributed by atoms with van der Waals surface area (Å²) in [6.45, 7) is 34.8. The Morgan fingerprint density at radius 1 is 0.765 bits per heavy atom. The van der Waals surface area contributed by atoms with Crippen molar-refractivity contribution < 1.29 is 41.8 Å². The van der Waals surface area contributed by atoms with Crippen molar-refractivity contribution in [1.29, 1.82) is 0 Å². The summed E-state index contributed by atoms with van der Waals surface area (Å²) >= 11 is 0. The first-order valence-corrected chi connectivity index (χ1v) is 27.6. The third-order valence-corrected chi connectivity index (χ3v) is 25.7. The summed E-state index contributed by atoms with van der Waals surface area (Å²) in [5.74, 6) is 0.533. The lowest BCUT2D eigenvalue weighted by Gasteiger charge is -2.56. The highest BCUT2D eigenvalue weighted by Gasteiger charge is 2.58. The molecule has 2 heterocycles. The molecular weight excluding hydrogens is 697 g/mol. The van der Waals surface area contributed by atoms with E-state index in [-0.39, 0.29) is 39.7 Å². The molecule has 0 saturated carbocycles. The van der Waals surface area contributed by atoms with Gasteiger partial charge in [-0.15, -0.1) is 0 Å². The van der Waals surface area contributed by atoms with E-state index < -0.39 is 55.5 Å². The second kappa shape index (κ2) is 16.7. The molecule has 3 unspecified atom stereocenters. The van der Waals surface area contributed by atoms with E-state index in [1.807, 2.05) is 24.3 Å². The number of carbonyl (C=O) groups is 1. The second-order valence-electron chi connectivity index (χ2n) is 19.2. The number of rotatable bonds is 14. The number of esters is 1. The Bertz CT molecular complexity index is 1260. The van der Waals surface area contributed by atoms with Gasteiger partial charge in [0.05, 0.1) is 52.2 Å². The molecule has 7 atom stereocenters. The molecule has 0 bridgehead atoms. The molecule has 294 valence electrons. The minimum absolute atomic E-state index is 0.0414. The van der Waals surface area contributed by atoms with Crippen molar-refractivity contribution in [3.05, 3.63) is 29.8 Å².